The van der Waals surface area contributed by atoms with Gasteiger partial charge in [-0.25, -0.2) is 0 Å². The lowest BCUT2D eigenvalue weighted by Gasteiger charge is -2.26. The molecule has 2 N–H and O–H groups in total. The van der Waals surface area contributed by atoms with Crippen molar-refractivity contribution in [3.8, 4) is 0 Å². The lowest BCUT2D eigenvalue weighted by molar-refractivity contribution is 0.0299. The number of hydrogen-bond acceptors (Lipinski definition) is 4. The van der Waals surface area contributed by atoms with E-state index in [1.165, 1.54) is 0 Å². The Morgan fingerprint density at radius 2 is 2.06 bits per heavy atom. The van der Waals surface area contributed by atoms with Gasteiger partial charge in [0.2, 0.25) is 0 Å². The number of nitrogens with zero attached hydrogens (tertiary/aromatic N) is 3. The first-order valence-corrected chi connectivity index (χ1v) is 5.27. The standard InChI is InChI=1S/C10H16N4O2/c1-7-8(11)9(12-13(7)2)10(15)14-3-5-16-6-4-14/h3-6,11H2,1-2H3. The molecule has 0 saturated carbocycles. The van der Waals surface area contributed by atoms with Gasteiger partial charge in [0.15, 0.2) is 5.69 Å². The van der Waals surface area contributed by atoms with Crippen molar-refractivity contribution in [3.63, 3.8) is 0 Å². The number of ether oxygens (including phenoxy) is 1. The number of carbonyl (C=O) groups is 1. The van der Waals surface area contributed by atoms with Crippen LogP contribution in [0.2, 0.25) is 0 Å². The topological polar surface area (TPSA) is 73.4 Å². The zero-order valence-corrected chi connectivity index (χ0v) is 9.56. The summed E-state index contributed by atoms with van der Waals surface area (Å²) in [6.07, 6.45) is 0. The van der Waals surface area contributed by atoms with Gasteiger partial charge >= 0.3 is 0 Å². The van der Waals surface area contributed by atoms with Crippen LogP contribution in [0.1, 0.15) is 16.2 Å². The van der Waals surface area contributed by atoms with E-state index in [2.05, 4.69) is 5.10 Å². The van der Waals surface area contributed by atoms with Gasteiger partial charge in [0.05, 0.1) is 24.6 Å². The first kappa shape index (κ1) is 10.9. The van der Waals surface area contributed by atoms with Crippen LogP contribution >= 0.6 is 0 Å². The Balaban J connectivity index is 2.22. The third-order valence-corrected chi connectivity index (χ3v) is 2.88. The highest BCUT2D eigenvalue weighted by Crippen LogP contribution is 2.17. The number of hydrogen-bond donors (Lipinski definition) is 1. The molecule has 6 heteroatoms. The zero-order valence-electron chi connectivity index (χ0n) is 9.56. The molecule has 0 aromatic carbocycles. The minimum atomic E-state index is -0.107. The molecule has 0 spiro atoms. The second-order valence-corrected chi connectivity index (χ2v) is 3.88. The molecule has 1 aliphatic heterocycles. The fourth-order valence-corrected chi connectivity index (χ4v) is 1.70. The molecular formula is C10H16N4O2. The van der Waals surface area contributed by atoms with Gasteiger partial charge in [0, 0.05) is 20.1 Å². The number of amides is 1. The summed E-state index contributed by atoms with van der Waals surface area (Å²) in [7, 11) is 1.78. The number of nitrogen functional groups attached to an aromatic ring is 1. The Morgan fingerprint density at radius 1 is 1.44 bits per heavy atom. The number of aromatic nitrogens is 2. The van der Waals surface area contributed by atoms with Crippen molar-refractivity contribution in [1.82, 2.24) is 14.7 Å². The summed E-state index contributed by atoms with van der Waals surface area (Å²) in [5.74, 6) is -0.107. The highest BCUT2D eigenvalue weighted by Gasteiger charge is 2.24. The van der Waals surface area contributed by atoms with E-state index in [-0.39, 0.29) is 5.91 Å². The van der Waals surface area contributed by atoms with Gasteiger partial charge in [-0.1, -0.05) is 0 Å². The summed E-state index contributed by atoms with van der Waals surface area (Å²) in [4.78, 5) is 13.8. The van der Waals surface area contributed by atoms with Crippen LogP contribution in [0.3, 0.4) is 0 Å². The van der Waals surface area contributed by atoms with E-state index in [1.54, 1.807) is 16.6 Å². The van der Waals surface area contributed by atoms with Gasteiger partial charge < -0.3 is 15.4 Å². The van der Waals surface area contributed by atoms with Crippen molar-refractivity contribution >= 4 is 11.6 Å². The van der Waals surface area contributed by atoms with E-state index in [4.69, 9.17) is 10.5 Å². The van der Waals surface area contributed by atoms with Crippen LogP contribution < -0.4 is 5.73 Å². The summed E-state index contributed by atoms with van der Waals surface area (Å²) in [5, 5.41) is 4.14. The maximum atomic E-state index is 12.1. The molecule has 0 aliphatic carbocycles. The molecule has 6 nitrogen and oxygen atoms in total. The Kier molecular flexibility index (Phi) is 2.82. The third kappa shape index (κ3) is 1.76. The fraction of sp³-hybridized carbons (Fsp3) is 0.600. The number of carbonyl (C=O) groups excluding carboxylic acids is 1. The Hall–Kier alpha value is -1.56. The number of nitrogens with two attached hydrogens (primary N) is 1. The quantitative estimate of drug-likeness (QED) is 0.716. The zero-order chi connectivity index (χ0) is 11.7. The van der Waals surface area contributed by atoms with E-state index in [1.807, 2.05) is 6.92 Å². The van der Waals surface area contributed by atoms with Crippen molar-refractivity contribution in [2.24, 2.45) is 7.05 Å². The number of rotatable bonds is 1. The van der Waals surface area contributed by atoms with Crippen LogP contribution in [0, 0.1) is 6.92 Å². The maximum Gasteiger partial charge on any atom is 0.276 e. The molecule has 0 unspecified atom stereocenters. The maximum absolute atomic E-state index is 12.1. The molecule has 1 aliphatic rings. The molecular weight excluding hydrogens is 208 g/mol. The Labute approximate surface area is 94.0 Å². The monoisotopic (exact) mass is 224 g/mol. The van der Waals surface area contributed by atoms with E-state index < -0.39 is 0 Å². The minimum Gasteiger partial charge on any atom is -0.395 e. The van der Waals surface area contributed by atoms with Gasteiger partial charge in [-0.2, -0.15) is 5.10 Å². The lowest BCUT2D eigenvalue weighted by atomic mass is 10.2. The average Bonchev–Trinajstić information content (AvgIpc) is 2.57. The summed E-state index contributed by atoms with van der Waals surface area (Å²) < 4.78 is 6.82. The van der Waals surface area contributed by atoms with Gasteiger partial charge in [-0.05, 0) is 6.92 Å². The molecule has 0 bridgehead atoms. The summed E-state index contributed by atoms with van der Waals surface area (Å²) in [6.45, 7) is 4.22. The summed E-state index contributed by atoms with van der Waals surface area (Å²) in [5.41, 5.74) is 7.49. The van der Waals surface area contributed by atoms with Crippen LogP contribution in [0.4, 0.5) is 5.69 Å². The van der Waals surface area contributed by atoms with Gasteiger partial charge in [0.25, 0.3) is 5.91 Å². The second-order valence-electron chi connectivity index (χ2n) is 3.88. The van der Waals surface area contributed by atoms with Crippen molar-refractivity contribution in [1.29, 1.82) is 0 Å². The Bertz CT molecular complexity index is 407. The van der Waals surface area contributed by atoms with Crippen LogP contribution in [0.15, 0.2) is 0 Å². The normalized spacial score (nSPS) is 16.5. The molecule has 2 heterocycles. The van der Waals surface area contributed by atoms with Gasteiger partial charge in [-0.15, -0.1) is 0 Å². The summed E-state index contributed by atoms with van der Waals surface area (Å²) >= 11 is 0. The predicted octanol–water partition coefficient (Wildman–Crippen LogP) is -0.217. The summed E-state index contributed by atoms with van der Waals surface area (Å²) in [6, 6.07) is 0. The van der Waals surface area contributed by atoms with E-state index in [0.29, 0.717) is 37.7 Å². The van der Waals surface area contributed by atoms with Crippen LogP contribution in [0.25, 0.3) is 0 Å². The van der Waals surface area contributed by atoms with E-state index in [9.17, 15) is 4.79 Å². The van der Waals surface area contributed by atoms with Crippen LogP contribution in [0.5, 0.6) is 0 Å². The van der Waals surface area contributed by atoms with E-state index in [0.717, 1.165) is 5.69 Å². The Morgan fingerprint density at radius 3 is 2.56 bits per heavy atom. The van der Waals surface area contributed by atoms with Gasteiger partial charge in [0.1, 0.15) is 0 Å². The van der Waals surface area contributed by atoms with Crippen molar-refractivity contribution in [2.75, 3.05) is 32.0 Å². The SMILES string of the molecule is Cc1c(N)c(C(=O)N2CCOCC2)nn1C. The molecule has 1 aromatic heterocycles. The highest BCUT2D eigenvalue weighted by molar-refractivity contribution is 5.97. The highest BCUT2D eigenvalue weighted by atomic mass is 16.5. The molecule has 2 rings (SSSR count). The van der Waals surface area contributed by atoms with Crippen LogP contribution in [-0.2, 0) is 11.8 Å². The molecule has 88 valence electrons. The molecule has 1 amide bonds. The molecule has 0 radical (unpaired) electrons. The molecule has 1 aromatic rings. The minimum absolute atomic E-state index is 0.107. The smallest absolute Gasteiger partial charge is 0.276 e. The second kappa shape index (κ2) is 4.13. The van der Waals surface area contributed by atoms with Gasteiger partial charge in [-0.3, -0.25) is 9.48 Å². The largest absolute Gasteiger partial charge is 0.395 e. The van der Waals surface area contributed by atoms with Crippen molar-refractivity contribution in [2.45, 2.75) is 6.92 Å². The average molecular weight is 224 g/mol. The van der Waals surface area contributed by atoms with E-state index >= 15 is 0 Å². The molecule has 1 saturated heterocycles. The van der Waals surface area contributed by atoms with Crippen LogP contribution in [-0.4, -0.2) is 46.9 Å². The fourth-order valence-electron chi connectivity index (χ4n) is 1.70. The first-order valence-electron chi connectivity index (χ1n) is 5.27. The predicted molar refractivity (Wildman–Crippen MR) is 59.1 cm³/mol. The molecule has 16 heavy (non-hydrogen) atoms. The number of anilines is 1. The number of aryl methyl sites for hydroxylation is 1. The first-order chi connectivity index (χ1) is 7.61. The van der Waals surface area contributed by atoms with Crippen molar-refractivity contribution < 1.29 is 9.53 Å². The molecule has 1 fully saturated rings. The lowest BCUT2D eigenvalue weighted by Crippen LogP contribution is -2.41. The number of morpholine rings is 1. The van der Waals surface area contributed by atoms with Crippen molar-refractivity contribution in [3.05, 3.63) is 11.4 Å². The third-order valence-electron chi connectivity index (χ3n) is 2.88. The molecule has 0 atom stereocenters.